The average molecular weight is 157 g/mol. The summed E-state index contributed by atoms with van der Waals surface area (Å²) in [4.78, 5) is 3.22. The van der Waals surface area contributed by atoms with Crippen LogP contribution in [0.3, 0.4) is 0 Å². The lowest BCUT2D eigenvalue weighted by Gasteiger charge is -2.01. The van der Waals surface area contributed by atoms with E-state index >= 15 is 0 Å². The number of aromatic nitrogens is 1. The summed E-state index contributed by atoms with van der Waals surface area (Å²) in [5.74, 6) is -0.550. The van der Waals surface area contributed by atoms with Crippen LogP contribution in [-0.2, 0) is 0 Å². The van der Waals surface area contributed by atoms with Gasteiger partial charge in [-0.1, -0.05) is 0 Å². The fourth-order valence-corrected chi connectivity index (χ4v) is 0.554. The van der Waals surface area contributed by atoms with Crippen LogP contribution >= 0.6 is 0 Å². The molecule has 0 saturated carbocycles. The highest BCUT2D eigenvalue weighted by atomic mass is 19.1. The molecule has 0 saturated heterocycles. The van der Waals surface area contributed by atoms with Gasteiger partial charge in [0.2, 0.25) is 5.95 Å². The molecule has 1 aromatic rings. The number of hydrogen-bond acceptors (Lipinski definition) is 4. The van der Waals surface area contributed by atoms with Gasteiger partial charge in [0, 0.05) is 0 Å². The van der Waals surface area contributed by atoms with E-state index in [1.807, 2.05) is 0 Å². The normalized spacial score (nSPS) is 9.36. The number of halogens is 1. The molecule has 0 radical (unpaired) electrons. The zero-order chi connectivity index (χ0) is 8.27. The van der Waals surface area contributed by atoms with Crippen LogP contribution < -0.4 is 4.65 Å². The third kappa shape index (κ3) is 2.52. The number of nitrogens with zero attached hydrogens (tertiary/aromatic N) is 1. The maximum Gasteiger partial charge on any atom is 0.707 e. The molecule has 0 atom stereocenters. The Labute approximate surface area is 62.4 Å². The summed E-state index contributed by atoms with van der Waals surface area (Å²) in [6.45, 7) is 0. The Kier molecular flexibility index (Phi) is 2.40. The van der Waals surface area contributed by atoms with Crippen molar-refractivity contribution in [1.82, 2.24) is 4.98 Å². The second kappa shape index (κ2) is 3.31. The summed E-state index contributed by atoms with van der Waals surface area (Å²) in [5.41, 5.74) is 0. The van der Waals surface area contributed by atoms with Gasteiger partial charge < -0.3 is 14.7 Å². The number of pyridine rings is 1. The molecular formula is C5H5BFNO3. The van der Waals surface area contributed by atoms with Crippen LogP contribution in [0, 0.1) is 5.95 Å². The third-order valence-corrected chi connectivity index (χ3v) is 0.942. The van der Waals surface area contributed by atoms with E-state index in [-0.39, 0.29) is 5.75 Å². The minimum Gasteiger partial charge on any atom is -0.511 e. The van der Waals surface area contributed by atoms with E-state index in [1.165, 1.54) is 6.07 Å². The van der Waals surface area contributed by atoms with E-state index in [0.29, 0.717) is 0 Å². The first-order valence-corrected chi connectivity index (χ1v) is 2.83. The van der Waals surface area contributed by atoms with Gasteiger partial charge in [-0.2, -0.15) is 4.39 Å². The van der Waals surface area contributed by atoms with E-state index in [9.17, 15) is 4.39 Å². The molecule has 1 rings (SSSR count). The molecule has 0 aliphatic heterocycles. The van der Waals surface area contributed by atoms with Crippen LogP contribution in [0.2, 0.25) is 0 Å². The maximum atomic E-state index is 12.1. The van der Waals surface area contributed by atoms with Crippen molar-refractivity contribution in [2.24, 2.45) is 0 Å². The van der Waals surface area contributed by atoms with Crippen LogP contribution in [0.25, 0.3) is 0 Å². The van der Waals surface area contributed by atoms with Crippen molar-refractivity contribution in [2.75, 3.05) is 0 Å². The highest BCUT2D eigenvalue weighted by Gasteiger charge is 2.10. The molecule has 58 valence electrons. The smallest absolute Gasteiger partial charge is 0.511 e. The quantitative estimate of drug-likeness (QED) is 0.451. The van der Waals surface area contributed by atoms with E-state index < -0.39 is 13.3 Å². The molecule has 1 aromatic heterocycles. The Morgan fingerprint density at radius 3 is 2.64 bits per heavy atom. The fraction of sp³-hybridized carbons (Fsp3) is 0. The largest absolute Gasteiger partial charge is 0.707 e. The maximum absolute atomic E-state index is 12.1. The minimum absolute atomic E-state index is 0.0985. The van der Waals surface area contributed by atoms with Gasteiger partial charge in [-0.3, -0.25) is 0 Å². The molecule has 0 spiro atoms. The Morgan fingerprint density at radius 1 is 1.45 bits per heavy atom. The van der Waals surface area contributed by atoms with Crippen molar-refractivity contribution in [3.05, 3.63) is 24.3 Å². The first-order chi connectivity index (χ1) is 5.18. The molecule has 6 heteroatoms. The summed E-state index contributed by atoms with van der Waals surface area (Å²) in [6.07, 6.45) is 1.05. The van der Waals surface area contributed by atoms with E-state index in [1.54, 1.807) is 0 Å². The molecule has 0 unspecified atom stereocenters. The molecule has 0 bridgehead atoms. The minimum atomic E-state index is -1.90. The Bertz CT molecular complexity index is 228. The third-order valence-electron chi connectivity index (χ3n) is 0.942. The summed E-state index contributed by atoms with van der Waals surface area (Å²) < 4.78 is 16.5. The molecule has 0 amide bonds. The summed E-state index contributed by atoms with van der Waals surface area (Å²) in [5, 5.41) is 16.6. The van der Waals surface area contributed by atoms with Gasteiger partial charge >= 0.3 is 7.32 Å². The Morgan fingerprint density at radius 2 is 2.18 bits per heavy atom. The van der Waals surface area contributed by atoms with Gasteiger partial charge in [-0.15, -0.1) is 0 Å². The van der Waals surface area contributed by atoms with Crippen molar-refractivity contribution < 1.29 is 19.1 Å². The van der Waals surface area contributed by atoms with Crippen molar-refractivity contribution in [3.8, 4) is 5.75 Å². The average Bonchev–Trinajstić information content (AvgIpc) is 1.93. The number of hydrogen-bond donors (Lipinski definition) is 2. The molecule has 0 aliphatic rings. The summed E-state index contributed by atoms with van der Waals surface area (Å²) in [7, 11) is -1.90. The van der Waals surface area contributed by atoms with Gasteiger partial charge in [0.25, 0.3) is 0 Å². The highest BCUT2D eigenvalue weighted by molar-refractivity contribution is 6.33. The zero-order valence-corrected chi connectivity index (χ0v) is 5.44. The van der Waals surface area contributed by atoms with Gasteiger partial charge in [-0.05, 0) is 12.1 Å². The Hall–Kier alpha value is -1.14. The lowest BCUT2D eigenvalue weighted by atomic mass is 10.2. The molecule has 11 heavy (non-hydrogen) atoms. The van der Waals surface area contributed by atoms with Gasteiger partial charge in [0.1, 0.15) is 5.75 Å². The van der Waals surface area contributed by atoms with Gasteiger partial charge in [0.15, 0.2) is 0 Å². The molecule has 1 heterocycles. The van der Waals surface area contributed by atoms with E-state index in [4.69, 9.17) is 10.0 Å². The summed E-state index contributed by atoms with van der Waals surface area (Å²) >= 11 is 0. The van der Waals surface area contributed by atoms with Crippen LogP contribution in [0.5, 0.6) is 5.75 Å². The van der Waals surface area contributed by atoms with Gasteiger partial charge in [0.05, 0.1) is 6.20 Å². The lowest BCUT2D eigenvalue weighted by molar-refractivity contribution is 0.287. The number of rotatable bonds is 2. The SMILES string of the molecule is OB(O)Oc1ccc(F)nc1. The van der Waals surface area contributed by atoms with Gasteiger partial charge in [-0.25, -0.2) is 4.98 Å². The first-order valence-electron chi connectivity index (χ1n) is 2.83. The molecule has 0 fully saturated rings. The zero-order valence-electron chi connectivity index (χ0n) is 5.44. The first kappa shape index (κ1) is 7.97. The van der Waals surface area contributed by atoms with E-state index in [0.717, 1.165) is 12.3 Å². The monoisotopic (exact) mass is 157 g/mol. The molecule has 2 N–H and O–H groups in total. The predicted molar refractivity (Wildman–Crippen MR) is 35.0 cm³/mol. The second-order valence-electron chi connectivity index (χ2n) is 1.76. The molecule has 0 aliphatic carbocycles. The Balaban J connectivity index is 2.66. The van der Waals surface area contributed by atoms with Crippen molar-refractivity contribution in [1.29, 1.82) is 0 Å². The molecule has 4 nitrogen and oxygen atoms in total. The predicted octanol–water partition coefficient (Wildman–Crippen LogP) is -0.431. The topological polar surface area (TPSA) is 62.6 Å². The van der Waals surface area contributed by atoms with Crippen LogP contribution in [-0.4, -0.2) is 22.4 Å². The lowest BCUT2D eigenvalue weighted by Crippen LogP contribution is -2.20. The molecule has 0 aromatic carbocycles. The standard InChI is InChI=1S/C5H5BFNO3/c7-5-2-1-4(3-8-5)11-6(9)10/h1-3,9-10H. The highest BCUT2D eigenvalue weighted by Crippen LogP contribution is 2.07. The van der Waals surface area contributed by atoms with Crippen molar-refractivity contribution >= 4 is 7.32 Å². The summed E-state index contributed by atoms with van der Waals surface area (Å²) in [6, 6.07) is 2.29. The fourth-order valence-electron chi connectivity index (χ4n) is 0.554. The van der Waals surface area contributed by atoms with Crippen molar-refractivity contribution in [3.63, 3.8) is 0 Å². The second-order valence-corrected chi connectivity index (χ2v) is 1.76. The molecular weight excluding hydrogens is 152 g/mol. The van der Waals surface area contributed by atoms with Crippen LogP contribution in [0.15, 0.2) is 18.3 Å². The van der Waals surface area contributed by atoms with Crippen molar-refractivity contribution in [2.45, 2.75) is 0 Å². The van der Waals surface area contributed by atoms with E-state index in [2.05, 4.69) is 9.64 Å². The van der Waals surface area contributed by atoms with Crippen LogP contribution in [0.1, 0.15) is 0 Å². The van der Waals surface area contributed by atoms with Crippen LogP contribution in [0.4, 0.5) is 4.39 Å².